The van der Waals surface area contributed by atoms with E-state index in [9.17, 15) is 19.8 Å². The molecule has 2 N–H and O–H groups in total. The largest absolute Gasteiger partial charge is 0.507 e. The molecule has 2 heterocycles. The van der Waals surface area contributed by atoms with Crippen LogP contribution in [0.15, 0.2) is 86.4 Å². The van der Waals surface area contributed by atoms with Gasteiger partial charge in [0.1, 0.15) is 28.2 Å². The van der Waals surface area contributed by atoms with Crippen molar-refractivity contribution in [1.29, 1.82) is 0 Å². The summed E-state index contributed by atoms with van der Waals surface area (Å²) in [4.78, 5) is 24.5. The smallest absolute Gasteiger partial charge is 0.307 e. The first-order valence-electron chi connectivity index (χ1n) is 9.61. The van der Waals surface area contributed by atoms with Crippen LogP contribution in [0.4, 0.5) is 0 Å². The molecule has 0 fully saturated rings. The van der Waals surface area contributed by atoms with Gasteiger partial charge in [-0.25, -0.2) is 0 Å². The summed E-state index contributed by atoms with van der Waals surface area (Å²) in [5.41, 5.74) is 1.67. The lowest BCUT2D eigenvalue weighted by atomic mass is 10.0. The molecule has 0 atom stereocenters. The topological polar surface area (TPSA) is 101 Å². The highest BCUT2D eigenvalue weighted by molar-refractivity contribution is 6.10. The molecule has 31 heavy (non-hydrogen) atoms. The van der Waals surface area contributed by atoms with Gasteiger partial charge in [0, 0.05) is 28.8 Å². The van der Waals surface area contributed by atoms with Crippen LogP contribution in [0.3, 0.4) is 0 Å². The van der Waals surface area contributed by atoms with Crippen LogP contribution < -0.4 is 5.43 Å². The van der Waals surface area contributed by atoms with Crippen molar-refractivity contribution in [2.24, 2.45) is 0 Å². The molecule has 5 aromatic rings. The van der Waals surface area contributed by atoms with E-state index in [1.807, 2.05) is 36.4 Å². The number of hydrogen-bond acceptors (Lipinski definition) is 5. The maximum absolute atomic E-state index is 12.9. The molecule has 0 amide bonds. The van der Waals surface area contributed by atoms with E-state index in [-0.39, 0.29) is 28.7 Å². The number of carbonyl (C=O) groups is 1. The van der Waals surface area contributed by atoms with Gasteiger partial charge in [-0.1, -0.05) is 60.7 Å². The second kappa shape index (κ2) is 7.18. The van der Waals surface area contributed by atoms with E-state index in [0.717, 1.165) is 0 Å². The van der Waals surface area contributed by atoms with Crippen molar-refractivity contribution < 1.29 is 23.8 Å². The highest BCUT2D eigenvalue weighted by atomic mass is 16.4. The molecular formula is C25H16O6. The van der Waals surface area contributed by atoms with Crippen molar-refractivity contribution in [3.8, 4) is 28.4 Å². The fourth-order valence-electron chi connectivity index (χ4n) is 3.83. The molecule has 2 aromatic heterocycles. The van der Waals surface area contributed by atoms with Gasteiger partial charge >= 0.3 is 5.97 Å². The van der Waals surface area contributed by atoms with E-state index in [4.69, 9.17) is 8.83 Å². The highest BCUT2D eigenvalue weighted by Gasteiger charge is 2.24. The van der Waals surface area contributed by atoms with Gasteiger partial charge < -0.3 is 19.0 Å². The van der Waals surface area contributed by atoms with Crippen molar-refractivity contribution in [2.75, 3.05) is 0 Å². The van der Waals surface area contributed by atoms with E-state index >= 15 is 0 Å². The number of aliphatic carboxylic acids is 1. The van der Waals surface area contributed by atoms with E-state index in [1.165, 1.54) is 12.1 Å². The van der Waals surface area contributed by atoms with Crippen LogP contribution in [0, 0.1) is 0 Å². The summed E-state index contributed by atoms with van der Waals surface area (Å²) in [5, 5.41) is 20.4. The Bertz CT molecular complexity index is 1490. The first-order chi connectivity index (χ1) is 15.0. The van der Waals surface area contributed by atoms with Crippen molar-refractivity contribution in [1.82, 2.24) is 0 Å². The number of benzene rings is 3. The van der Waals surface area contributed by atoms with E-state index in [2.05, 4.69) is 0 Å². The Hall–Kier alpha value is -4.32. The van der Waals surface area contributed by atoms with E-state index in [0.29, 0.717) is 33.6 Å². The minimum atomic E-state index is -1.05. The fourth-order valence-corrected chi connectivity index (χ4v) is 3.83. The third-order valence-electron chi connectivity index (χ3n) is 5.16. The molecule has 0 saturated carbocycles. The summed E-state index contributed by atoms with van der Waals surface area (Å²) in [6, 6.07) is 20.8. The Labute approximate surface area is 175 Å². The Morgan fingerprint density at radius 2 is 1.48 bits per heavy atom. The maximum Gasteiger partial charge on any atom is 0.307 e. The van der Waals surface area contributed by atoms with Gasteiger partial charge in [-0.3, -0.25) is 9.59 Å². The number of rotatable bonds is 4. The van der Waals surface area contributed by atoms with E-state index in [1.54, 1.807) is 24.3 Å². The number of carboxylic acid groups (broad SMARTS) is 1. The summed E-state index contributed by atoms with van der Waals surface area (Å²) < 4.78 is 12.1. The molecule has 6 heteroatoms. The molecule has 0 aliphatic rings. The lowest BCUT2D eigenvalue weighted by Gasteiger charge is -2.06. The van der Waals surface area contributed by atoms with Crippen LogP contribution in [-0.4, -0.2) is 16.2 Å². The van der Waals surface area contributed by atoms with Gasteiger partial charge in [0.2, 0.25) is 0 Å². The first-order valence-corrected chi connectivity index (χ1v) is 9.61. The quantitative estimate of drug-likeness (QED) is 0.420. The monoisotopic (exact) mass is 412 g/mol. The minimum Gasteiger partial charge on any atom is -0.507 e. The zero-order chi connectivity index (χ0) is 21.5. The summed E-state index contributed by atoms with van der Waals surface area (Å²) in [6.07, 6.45) is -0.337. The third kappa shape index (κ3) is 3.14. The summed E-state index contributed by atoms with van der Waals surface area (Å²) in [5.74, 6) is -0.667. The Kier molecular flexibility index (Phi) is 4.33. The third-order valence-corrected chi connectivity index (χ3v) is 5.16. The minimum absolute atomic E-state index is 0.0146. The number of hydrogen-bond donors (Lipinski definition) is 2. The average molecular weight is 412 g/mol. The SMILES string of the molecule is O=C(O)Cc1c(-c2ccccc2)oc2cc(O)c3c(=O)cc(-c4ccccc4)oc3c12. The highest BCUT2D eigenvalue weighted by Crippen LogP contribution is 2.41. The molecule has 0 saturated heterocycles. The Morgan fingerprint density at radius 1 is 0.839 bits per heavy atom. The van der Waals surface area contributed by atoms with Gasteiger partial charge in [-0.15, -0.1) is 0 Å². The maximum atomic E-state index is 12.9. The van der Waals surface area contributed by atoms with Crippen LogP contribution >= 0.6 is 0 Å². The number of furan rings is 1. The predicted octanol–water partition coefficient (Wildman–Crippen LogP) is 5.21. The molecule has 0 spiro atoms. The molecule has 152 valence electrons. The van der Waals surface area contributed by atoms with Gasteiger partial charge in [-0.2, -0.15) is 0 Å². The van der Waals surface area contributed by atoms with Crippen LogP contribution in [0.5, 0.6) is 5.75 Å². The second-order valence-corrected chi connectivity index (χ2v) is 7.16. The lowest BCUT2D eigenvalue weighted by molar-refractivity contribution is -0.136. The number of aromatic hydroxyl groups is 1. The molecule has 0 aliphatic carbocycles. The standard InChI is InChI=1S/C25H16O6/c26-17-12-19(14-7-3-1-4-8-14)30-25-22-16(11-21(28)29)24(15-9-5-2-6-10-15)31-20(22)13-18(27)23(17)25/h1-10,12-13,27H,11H2,(H,28,29). The molecule has 0 aliphatic heterocycles. The first kappa shape index (κ1) is 18.7. The zero-order valence-corrected chi connectivity index (χ0v) is 16.2. The lowest BCUT2D eigenvalue weighted by Crippen LogP contribution is -2.03. The van der Waals surface area contributed by atoms with Gasteiger partial charge in [0.05, 0.1) is 11.8 Å². The van der Waals surface area contributed by atoms with Crippen molar-refractivity contribution in [3.63, 3.8) is 0 Å². The second-order valence-electron chi connectivity index (χ2n) is 7.16. The normalized spacial score (nSPS) is 11.2. The van der Waals surface area contributed by atoms with Crippen molar-refractivity contribution in [2.45, 2.75) is 6.42 Å². The number of fused-ring (bicyclic) bond motifs is 3. The molecule has 5 rings (SSSR count). The Morgan fingerprint density at radius 3 is 2.13 bits per heavy atom. The zero-order valence-electron chi connectivity index (χ0n) is 16.2. The summed E-state index contributed by atoms with van der Waals surface area (Å²) >= 11 is 0. The average Bonchev–Trinajstić information content (AvgIpc) is 3.12. The number of phenols is 1. The van der Waals surface area contributed by atoms with Gasteiger partial charge in [0.15, 0.2) is 11.0 Å². The fraction of sp³-hybridized carbons (Fsp3) is 0.0400. The predicted molar refractivity (Wildman–Crippen MR) is 116 cm³/mol. The van der Waals surface area contributed by atoms with Gasteiger partial charge in [0.25, 0.3) is 0 Å². The van der Waals surface area contributed by atoms with Gasteiger partial charge in [-0.05, 0) is 0 Å². The Balaban J connectivity index is 1.92. The summed E-state index contributed by atoms with van der Waals surface area (Å²) in [7, 11) is 0. The van der Waals surface area contributed by atoms with E-state index < -0.39 is 11.4 Å². The van der Waals surface area contributed by atoms with Crippen LogP contribution in [0.2, 0.25) is 0 Å². The molecule has 0 radical (unpaired) electrons. The molecule has 3 aromatic carbocycles. The van der Waals surface area contributed by atoms with Crippen molar-refractivity contribution >= 4 is 27.9 Å². The van der Waals surface area contributed by atoms with Crippen LogP contribution in [0.1, 0.15) is 5.56 Å². The molecule has 0 bridgehead atoms. The molecule has 0 unspecified atom stereocenters. The summed E-state index contributed by atoms with van der Waals surface area (Å²) in [6.45, 7) is 0. The molecular weight excluding hydrogens is 396 g/mol. The van der Waals surface area contributed by atoms with Crippen LogP contribution in [0.25, 0.3) is 44.6 Å². The molecule has 6 nitrogen and oxygen atoms in total. The van der Waals surface area contributed by atoms with Crippen molar-refractivity contribution in [3.05, 3.63) is 88.6 Å². The van der Waals surface area contributed by atoms with Crippen LogP contribution in [-0.2, 0) is 11.2 Å². The number of phenolic OH excluding ortho intramolecular Hbond substituents is 1. The number of carboxylic acids is 1.